The number of H-pyrrole nitrogens is 1. The summed E-state index contributed by atoms with van der Waals surface area (Å²) in [6.45, 7) is 0. The van der Waals surface area contributed by atoms with E-state index in [1.165, 1.54) is 6.20 Å². The highest BCUT2D eigenvalue weighted by Gasteiger charge is 2.07. The van der Waals surface area contributed by atoms with Crippen LogP contribution in [-0.4, -0.2) is 9.97 Å². The van der Waals surface area contributed by atoms with E-state index in [2.05, 4.69) is 25.9 Å². The first-order valence-electron chi connectivity index (χ1n) is 4.28. The molecule has 2 aromatic rings. The fourth-order valence-electron chi connectivity index (χ4n) is 1.20. The quantitative estimate of drug-likeness (QED) is 0.731. The smallest absolute Gasteiger partial charge is 0.264 e. The van der Waals surface area contributed by atoms with E-state index >= 15 is 0 Å². The number of aromatic nitrogens is 2. The van der Waals surface area contributed by atoms with Crippen molar-refractivity contribution in [2.45, 2.75) is 0 Å². The summed E-state index contributed by atoms with van der Waals surface area (Å²) in [5, 5.41) is 0.597. The predicted octanol–water partition coefficient (Wildman–Crippen LogP) is 3.46. The van der Waals surface area contributed by atoms with E-state index in [4.69, 9.17) is 11.6 Å². The molecule has 3 nitrogen and oxygen atoms in total. The molecule has 0 bridgehead atoms. The maximum atomic E-state index is 11.5. The Morgan fingerprint density at radius 2 is 2.19 bits per heavy atom. The number of benzene rings is 1. The Labute approximate surface area is 119 Å². The minimum absolute atomic E-state index is 0.155. The van der Waals surface area contributed by atoms with Crippen LogP contribution in [0.2, 0.25) is 5.02 Å². The van der Waals surface area contributed by atoms with Crippen LogP contribution in [0.3, 0.4) is 0 Å². The lowest BCUT2D eigenvalue weighted by Gasteiger charge is -2.04. The molecule has 82 valence electrons. The molecule has 1 aromatic carbocycles. The molecule has 0 saturated heterocycles. The fourth-order valence-corrected chi connectivity index (χ4v) is 2.08. The molecule has 16 heavy (non-hydrogen) atoms. The molecule has 2 rings (SSSR count). The average molecular weight is 411 g/mol. The van der Waals surface area contributed by atoms with Crippen molar-refractivity contribution in [1.82, 2.24) is 9.97 Å². The van der Waals surface area contributed by atoms with Gasteiger partial charge in [0, 0.05) is 21.3 Å². The van der Waals surface area contributed by atoms with Crippen molar-refractivity contribution in [3.05, 3.63) is 47.8 Å². The largest absolute Gasteiger partial charge is 0.306 e. The summed E-state index contributed by atoms with van der Waals surface area (Å²) in [5.41, 5.74) is 0.610. The highest BCUT2D eigenvalue weighted by atomic mass is 127. The second-order valence-electron chi connectivity index (χ2n) is 3.03. The molecule has 6 heteroatoms. The van der Waals surface area contributed by atoms with Crippen LogP contribution < -0.4 is 5.56 Å². The summed E-state index contributed by atoms with van der Waals surface area (Å²) in [4.78, 5) is 18.3. The monoisotopic (exact) mass is 410 g/mol. The molecule has 0 amide bonds. The average Bonchev–Trinajstić information content (AvgIpc) is 2.26. The molecule has 1 heterocycles. The highest BCUT2D eigenvalue weighted by Crippen LogP contribution is 2.27. The van der Waals surface area contributed by atoms with Crippen LogP contribution in [0.5, 0.6) is 0 Å². The van der Waals surface area contributed by atoms with Crippen LogP contribution in [0.15, 0.2) is 33.7 Å². The van der Waals surface area contributed by atoms with E-state index in [0.717, 1.165) is 10.0 Å². The Morgan fingerprint density at radius 3 is 2.88 bits per heavy atom. The summed E-state index contributed by atoms with van der Waals surface area (Å²) in [7, 11) is 0. The number of nitrogens with zero attached hydrogens (tertiary/aromatic N) is 1. The minimum Gasteiger partial charge on any atom is -0.306 e. The standard InChI is InChI=1S/C10H5BrClIN2O/c11-7-2-1-5(12)3-6(7)9-14-4-8(13)10(16)15-9/h1-4H,(H,14,15,16). The van der Waals surface area contributed by atoms with Gasteiger partial charge in [-0.15, -0.1) is 0 Å². The molecular formula is C10H5BrClIN2O. The number of hydrogen-bond acceptors (Lipinski definition) is 2. The summed E-state index contributed by atoms with van der Waals surface area (Å²) in [6, 6.07) is 5.33. The third-order valence-corrected chi connectivity index (χ3v) is 3.63. The van der Waals surface area contributed by atoms with Gasteiger partial charge in [-0.3, -0.25) is 4.79 Å². The van der Waals surface area contributed by atoms with Gasteiger partial charge < -0.3 is 4.98 Å². The zero-order chi connectivity index (χ0) is 11.7. The van der Waals surface area contributed by atoms with E-state index < -0.39 is 0 Å². The van der Waals surface area contributed by atoms with E-state index in [1.807, 2.05) is 28.7 Å². The topological polar surface area (TPSA) is 45.8 Å². The van der Waals surface area contributed by atoms with Crippen LogP contribution in [0, 0.1) is 3.57 Å². The van der Waals surface area contributed by atoms with Gasteiger partial charge in [0.1, 0.15) is 5.82 Å². The second kappa shape index (κ2) is 4.85. The minimum atomic E-state index is -0.155. The molecule has 0 aliphatic heterocycles. The molecule has 0 aliphatic rings. The lowest BCUT2D eigenvalue weighted by molar-refractivity contribution is 1.11. The summed E-state index contributed by atoms with van der Waals surface area (Å²) in [6.07, 6.45) is 1.53. The number of nitrogens with one attached hydrogen (secondary N) is 1. The zero-order valence-corrected chi connectivity index (χ0v) is 12.3. The SMILES string of the molecule is O=c1[nH]c(-c2cc(Cl)ccc2Br)ncc1I. The summed E-state index contributed by atoms with van der Waals surface area (Å²) < 4.78 is 1.39. The lowest BCUT2D eigenvalue weighted by atomic mass is 10.2. The Kier molecular flexibility index (Phi) is 3.66. The predicted molar refractivity (Wildman–Crippen MR) is 75.7 cm³/mol. The van der Waals surface area contributed by atoms with E-state index in [-0.39, 0.29) is 5.56 Å². The van der Waals surface area contributed by atoms with Crippen molar-refractivity contribution in [2.75, 3.05) is 0 Å². The Hall–Kier alpha value is -0.400. The molecule has 0 spiro atoms. The van der Waals surface area contributed by atoms with E-state index in [0.29, 0.717) is 14.4 Å². The fraction of sp³-hybridized carbons (Fsp3) is 0. The molecule has 0 fully saturated rings. The van der Waals surface area contributed by atoms with Crippen LogP contribution in [0.25, 0.3) is 11.4 Å². The van der Waals surface area contributed by atoms with Gasteiger partial charge in [-0.1, -0.05) is 27.5 Å². The van der Waals surface area contributed by atoms with Gasteiger partial charge in [0.25, 0.3) is 5.56 Å². The molecule has 1 N–H and O–H groups in total. The third-order valence-electron chi connectivity index (χ3n) is 1.94. The zero-order valence-electron chi connectivity index (χ0n) is 7.80. The van der Waals surface area contributed by atoms with Crippen molar-refractivity contribution < 1.29 is 0 Å². The lowest BCUT2D eigenvalue weighted by Crippen LogP contribution is -2.11. The normalized spacial score (nSPS) is 10.4. The first-order chi connectivity index (χ1) is 7.58. The van der Waals surface area contributed by atoms with E-state index in [1.54, 1.807) is 12.1 Å². The molecule has 0 saturated carbocycles. The second-order valence-corrected chi connectivity index (χ2v) is 5.49. The number of aromatic amines is 1. The molecule has 0 radical (unpaired) electrons. The third kappa shape index (κ3) is 2.46. The Balaban J connectivity index is 2.63. The maximum absolute atomic E-state index is 11.5. The van der Waals surface area contributed by atoms with Gasteiger partial charge in [0.05, 0.1) is 3.57 Å². The summed E-state index contributed by atoms with van der Waals surface area (Å²) >= 11 is 11.2. The first-order valence-corrected chi connectivity index (χ1v) is 6.53. The van der Waals surface area contributed by atoms with Gasteiger partial charge >= 0.3 is 0 Å². The molecule has 0 atom stereocenters. The van der Waals surface area contributed by atoms with Crippen molar-refractivity contribution in [3.8, 4) is 11.4 Å². The molecule has 0 unspecified atom stereocenters. The molecule has 0 aliphatic carbocycles. The number of hydrogen-bond donors (Lipinski definition) is 1. The molecule has 1 aromatic heterocycles. The van der Waals surface area contributed by atoms with E-state index in [9.17, 15) is 4.79 Å². The van der Waals surface area contributed by atoms with Crippen LogP contribution in [-0.2, 0) is 0 Å². The number of rotatable bonds is 1. The highest BCUT2D eigenvalue weighted by molar-refractivity contribution is 14.1. The Bertz CT molecular complexity index is 600. The van der Waals surface area contributed by atoms with Gasteiger partial charge in [0.2, 0.25) is 0 Å². The van der Waals surface area contributed by atoms with Crippen molar-refractivity contribution >= 4 is 50.1 Å². The van der Waals surface area contributed by atoms with Gasteiger partial charge in [-0.25, -0.2) is 4.98 Å². The maximum Gasteiger partial charge on any atom is 0.264 e. The summed E-state index contributed by atoms with van der Waals surface area (Å²) in [5.74, 6) is 0.500. The van der Waals surface area contributed by atoms with Crippen LogP contribution >= 0.6 is 50.1 Å². The van der Waals surface area contributed by atoms with Crippen LogP contribution in [0.4, 0.5) is 0 Å². The van der Waals surface area contributed by atoms with Crippen molar-refractivity contribution in [3.63, 3.8) is 0 Å². The Morgan fingerprint density at radius 1 is 1.44 bits per heavy atom. The van der Waals surface area contributed by atoms with Gasteiger partial charge in [0.15, 0.2) is 0 Å². The van der Waals surface area contributed by atoms with Gasteiger partial charge in [-0.2, -0.15) is 0 Å². The van der Waals surface area contributed by atoms with Gasteiger partial charge in [-0.05, 0) is 40.8 Å². The molecular weight excluding hydrogens is 406 g/mol. The van der Waals surface area contributed by atoms with Crippen LogP contribution in [0.1, 0.15) is 0 Å². The number of halogens is 3. The van der Waals surface area contributed by atoms with Crippen molar-refractivity contribution in [1.29, 1.82) is 0 Å². The first kappa shape index (κ1) is 12.1. The van der Waals surface area contributed by atoms with Crippen molar-refractivity contribution in [2.24, 2.45) is 0 Å².